The van der Waals surface area contributed by atoms with Gasteiger partial charge in [0.2, 0.25) is 0 Å². The van der Waals surface area contributed by atoms with Gasteiger partial charge in [-0.3, -0.25) is 0 Å². The van der Waals surface area contributed by atoms with Crippen molar-refractivity contribution >= 4 is 32.0 Å². The smallest absolute Gasteiger partial charge is 0.407 e. The van der Waals surface area contributed by atoms with Gasteiger partial charge in [0.1, 0.15) is 29.3 Å². The number of rotatable bonds is 9. The van der Waals surface area contributed by atoms with Crippen LogP contribution in [0.3, 0.4) is 0 Å². The van der Waals surface area contributed by atoms with E-state index in [4.69, 9.17) is 10.00 Å². The predicted octanol–water partition coefficient (Wildman–Crippen LogP) is 6.38. The normalized spacial score (nSPS) is 14.3. The lowest BCUT2D eigenvalue weighted by atomic mass is 9.80. The van der Waals surface area contributed by atoms with Gasteiger partial charge < -0.3 is 19.7 Å². The summed E-state index contributed by atoms with van der Waals surface area (Å²) in [5.41, 5.74) is 2.15. The molecular weight excluding hydrogens is 589 g/mol. The number of nitrogens with one attached hydrogen (secondary N) is 1. The van der Waals surface area contributed by atoms with E-state index in [0.29, 0.717) is 55.0 Å². The quantitative estimate of drug-likeness (QED) is 0.165. The van der Waals surface area contributed by atoms with Crippen LogP contribution < -0.4 is 10.2 Å². The van der Waals surface area contributed by atoms with E-state index >= 15 is 0 Å². The van der Waals surface area contributed by atoms with Crippen molar-refractivity contribution in [2.45, 2.75) is 44.1 Å². The van der Waals surface area contributed by atoms with E-state index in [1.807, 2.05) is 35.2 Å². The van der Waals surface area contributed by atoms with Gasteiger partial charge >= 0.3 is 12.1 Å². The molecule has 1 amide bonds. The molecule has 2 aromatic carbocycles. The number of ether oxygens (including phenoxy) is 2. The number of esters is 1. The van der Waals surface area contributed by atoms with E-state index < -0.39 is 31.5 Å². The molecule has 4 rings (SSSR count). The number of halogens is 1. The molecule has 2 heterocycles. The Morgan fingerprint density at radius 3 is 2.40 bits per heavy atom. The van der Waals surface area contributed by atoms with Crippen LogP contribution in [0.2, 0.25) is 25.7 Å². The van der Waals surface area contributed by atoms with Gasteiger partial charge in [0.05, 0.1) is 24.8 Å². The number of hydrogen-bond acceptors (Lipinski definition) is 8. The van der Waals surface area contributed by atoms with Crippen LogP contribution >= 0.6 is 0 Å². The molecule has 1 aromatic heterocycles. The molecule has 1 aliphatic rings. The molecule has 0 radical (unpaired) electrons. The molecule has 0 bridgehead atoms. The van der Waals surface area contributed by atoms with Crippen LogP contribution in [-0.2, 0) is 19.8 Å². The number of pyridine rings is 1. The van der Waals surface area contributed by atoms with Crippen molar-refractivity contribution in [2.75, 3.05) is 31.7 Å². The molecule has 3 aromatic rings. The number of alkyl carbamates (subject to hydrolysis) is 1. The van der Waals surface area contributed by atoms with Crippen molar-refractivity contribution in [2.24, 2.45) is 0 Å². The summed E-state index contributed by atoms with van der Waals surface area (Å²) in [4.78, 5) is 31.1. The number of piperidine rings is 1. The summed E-state index contributed by atoms with van der Waals surface area (Å²) < 4.78 is 24.7. The zero-order valence-electron chi connectivity index (χ0n) is 25.9. The van der Waals surface area contributed by atoms with Crippen LogP contribution in [0.15, 0.2) is 60.8 Å². The lowest BCUT2D eigenvalue weighted by Crippen LogP contribution is -2.53. The summed E-state index contributed by atoms with van der Waals surface area (Å²) in [5.74, 6) is -0.645. The highest BCUT2D eigenvalue weighted by molar-refractivity contribution is 6.76. The molecule has 0 atom stereocenters. The standard InChI is InChI=1S/C34H36FN5O4Si/c1-43-31(41)12-7-24-5-10-27(11-6-24)34(39-33(42)44-19-20-45(2,3)4)14-17-40(18-15-34)32-29(23-37)28(13-16-38-32)25-8-9-26(22-36)30(35)21-25/h5-13,16,21H,14-15,17-20H2,1-4H3,(H,39,42)/b12-7+. The number of nitriles is 2. The summed E-state index contributed by atoms with van der Waals surface area (Å²) in [7, 11) is -0.0786. The molecule has 1 saturated heterocycles. The lowest BCUT2D eigenvalue weighted by molar-refractivity contribution is -0.134. The minimum atomic E-state index is -1.40. The summed E-state index contributed by atoms with van der Waals surface area (Å²) in [5, 5.41) is 22.4. The minimum Gasteiger partial charge on any atom is -0.466 e. The fourth-order valence-corrected chi connectivity index (χ4v) is 5.94. The van der Waals surface area contributed by atoms with E-state index in [1.54, 1.807) is 24.4 Å². The maximum Gasteiger partial charge on any atom is 0.407 e. The molecule has 0 spiro atoms. The molecular formula is C34H36FN5O4Si. The fourth-order valence-electron chi connectivity index (χ4n) is 5.23. The minimum absolute atomic E-state index is 0.0714. The van der Waals surface area contributed by atoms with Crippen molar-refractivity contribution in [3.63, 3.8) is 0 Å². The zero-order valence-corrected chi connectivity index (χ0v) is 26.9. The second-order valence-electron chi connectivity index (χ2n) is 12.1. The molecule has 232 valence electrons. The summed E-state index contributed by atoms with van der Waals surface area (Å²) >= 11 is 0. The predicted molar refractivity (Wildman–Crippen MR) is 172 cm³/mol. The van der Waals surface area contributed by atoms with Gasteiger partial charge in [-0.05, 0) is 59.9 Å². The number of carbonyl (C=O) groups excluding carboxylic acids is 2. The highest BCUT2D eigenvalue weighted by Crippen LogP contribution is 2.37. The monoisotopic (exact) mass is 625 g/mol. The van der Waals surface area contributed by atoms with Crippen LogP contribution in [0.1, 0.15) is 35.1 Å². The SMILES string of the molecule is COC(=O)/C=C/c1ccc(C2(NC(=O)OCC[Si](C)(C)C)CCN(c3nccc(-c4ccc(C#N)c(F)c4)c3C#N)CC2)cc1. The van der Waals surface area contributed by atoms with Gasteiger partial charge in [0.25, 0.3) is 0 Å². The van der Waals surface area contributed by atoms with Crippen molar-refractivity contribution in [3.05, 3.63) is 88.9 Å². The molecule has 1 N–H and O–H groups in total. The van der Waals surface area contributed by atoms with Gasteiger partial charge in [0.15, 0.2) is 0 Å². The molecule has 11 heteroatoms. The Labute approximate surface area is 263 Å². The van der Waals surface area contributed by atoms with Crippen molar-refractivity contribution < 1.29 is 23.5 Å². The first-order chi connectivity index (χ1) is 21.5. The van der Waals surface area contributed by atoms with Gasteiger partial charge in [-0.2, -0.15) is 10.5 Å². The molecule has 0 unspecified atom stereocenters. The summed E-state index contributed by atoms with van der Waals surface area (Å²) in [6, 6.07) is 18.4. The van der Waals surface area contributed by atoms with Crippen molar-refractivity contribution in [3.8, 4) is 23.3 Å². The van der Waals surface area contributed by atoms with Gasteiger partial charge in [-0.25, -0.2) is 19.0 Å². The molecule has 0 saturated carbocycles. The van der Waals surface area contributed by atoms with E-state index in [-0.39, 0.29) is 5.56 Å². The molecule has 9 nitrogen and oxygen atoms in total. The number of carbonyl (C=O) groups is 2. The van der Waals surface area contributed by atoms with Crippen LogP contribution in [-0.4, -0.2) is 51.9 Å². The van der Waals surface area contributed by atoms with Crippen LogP contribution in [0.25, 0.3) is 17.2 Å². The van der Waals surface area contributed by atoms with E-state index in [1.165, 1.54) is 25.3 Å². The molecule has 1 fully saturated rings. The largest absolute Gasteiger partial charge is 0.466 e. The zero-order chi connectivity index (χ0) is 32.6. The second-order valence-corrected chi connectivity index (χ2v) is 17.7. The second kappa shape index (κ2) is 14.2. The number of methoxy groups -OCH3 is 1. The third-order valence-corrected chi connectivity index (χ3v) is 9.57. The third-order valence-electron chi connectivity index (χ3n) is 7.86. The Balaban J connectivity index is 1.60. The van der Waals surface area contributed by atoms with Gasteiger partial charge in [0, 0.05) is 39.0 Å². The van der Waals surface area contributed by atoms with Gasteiger partial charge in [-0.1, -0.05) is 50.0 Å². The number of benzene rings is 2. The highest BCUT2D eigenvalue weighted by atomic mass is 28.3. The van der Waals surface area contributed by atoms with Crippen LogP contribution in [0.4, 0.5) is 15.0 Å². The first kappa shape index (κ1) is 32.9. The Morgan fingerprint density at radius 1 is 1.09 bits per heavy atom. The van der Waals surface area contributed by atoms with Crippen LogP contribution in [0.5, 0.6) is 0 Å². The van der Waals surface area contributed by atoms with E-state index in [0.717, 1.165) is 17.2 Å². The third kappa shape index (κ3) is 8.14. The average molecular weight is 626 g/mol. The number of aromatic nitrogens is 1. The summed E-state index contributed by atoms with van der Waals surface area (Å²) in [6.07, 6.45) is 5.09. The Kier molecular flexibility index (Phi) is 10.4. The summed E-state index contributed by atoms with van der Waals surface area (Å²) in [6.45, 7) is 7.94. The maximum absolute atomic E-state index is 14.4. The fraction of sp³-hybridized carbons (Fsp3) is 0.324. The number of hydrogen-bond donors (Lipinski definition) is 1. The van der Waals surface area contributed by atoms with Crippen LogP contribution in [0, 0.1) is 28.5 Å². The Hall–Kier alpha value is -5.00. The Bertz CT molecular complexity index is 1660. The number of anilines is 1. The first-order valence-electron chi connectivity index (χ1n) is 14.6. The topological polar surface area (TPSA) is 128 Å². The molecule has 0 aliphatic carbocycles. The average Bonchev–Trinajstić information content (AvgIpc) is 3.03. The highest BCUT2D eigenvalue weighted by Gasteiger charge is 2.39. The van der Waals surface area contributed by atoms with E-state index in [9.17, 15) is 19.2 Å². The van der Waals surface area contributed by atoms with Gasteiger partial charge in [-0.15, -0.1) is 0 Å². The van der Waals surface area contributed by atoms with Crippen molar-refractivity contribution in [1.29, 1.82) is 10.5 Å². The lowest BCUT2D eigenvalue weighted by Gasteiger charge is -2.43. The Morgan fingerprint density at radius 2 is 1.80 bits per heavy atom. The van der Waals surface area contributed by atoms with E-state index in [2.05, 4.69) is 40.7 Å². The number of nitrogens with zero attached hydrogens (tertiary/aromatic N) is 4. The van der Waals surface area contributed by atoms with Crippen molar-refractivity contribution in [1.82, 2.24) is 10.3 Å². The maximum atomic E-state index is 14.4. The first-order valence-corrected chi connectivity index (χ1v) is 18.3. The number of amides is 1. The molecule has 45 heavy (non-hydrogen) atoms. The molecule has 1 aliphatic heterocycles.